The van der Waals surface area contributed by atoms with Crippen molar-refractivity contribution in [1.82, 2.24) is 9.88 Å². The first kappa shape index (κ1) is 22.1. The molecular formula is C24H27FN4O3. The molecule has 0 bridgehead atoms. The van der Waals surface area contributed by atoms with E-state index < -0.39 is 5.97 Å². The van der Waals surface area contributed by atoms with Crippen LogP contribution in [0.3, 0.4) is 0 Å². The van der Waals surface area contributed by atoms with Crippen molar-refractivity contribution in [3.05, 3.63) is 52.6 Å². The molecule has 1 aromatic heterocycles. The molecule has 0 spiro atoms. The number of piperazine rings is 1. The number of pyridine rings is 1. The average Bonchev–Trinajstić information content (AvgIpc) is 2.81. The number of esters is 1. The monoisotopic (exact) mass is 438 g/mol. The number of ketones is 1. The van der Waals surface area contributed by atoms with Gasteiger partial charge in [-0.05, 0) is 31.5 Å². The lowest BCUT2D eigenvalue weighted by Gasteiger charge is -2.36. The second kappa shape index (κ2) is 9.16. The summed E-state index contributed by atoms with van der Waals surface area (Å²) in [5.41, 5.74) is 4.16. The molecule has 2 aliphatic rings. The minimum Gasteiger partial charge on any atom is -0.464 e. The number of halogens is 1. The molecule has 32 heavy (non-hydrogen) atoms. The molecule has 0 atom stereocenters. The Labute approximate surface area is 186 Å². The Morgan fingerprint density at radius 2 is 1.91 bits per heavy atom. The Morgan fingerprint density at radius 3 is 2.56 bits per heavy atom. The fraction of sp³-hybridized carbons (Fsp3) is 0.417. The van der Waals surface area contributed by atoms with Crippen molar-refractivity contribution >= 4 is 28.8 Å². The molecule has 0 amide bonds. The molecular weight excluding hydrogens is 411 g/mol. The van der Waals surface area contributed by atoms with E-state index in [1.165, 1.54) is 7.11 Å². The summed E-state index contributed by atoms with van der Waals surface area (Å²) in [5.74, 6) is -0.850. The maximum Gasteiger partial charge on any atom is 0.356 e. The van der Waals surface area contributed by atoms with E-state index in [9.17, 15) is 9.59 Å². The smallest absolute Gasteiger partial charge is 0.356 e. The zero-order valence-electron chi connectivity index (χ0n) is 18.7. The van der Waals surface area contributed by atoms with Crippen LogP contribution >= 0.6 is 0 Å². The van der Waals surface area contributed by atoms with E-state index in [0.29, 0.717) is 41.2 Å². The molecule has 168 valence electrons. The normalized spacial score (nSPS) is 16.6. The third-order valence-corrected chi connectivity index (χ3v) is 6.11. The number of fused-ring (bicyclic) bond motifs is 1. The molecule has 1 saturated heterocycles. The highest BCUT2D eigenvalue weighted by Crippen LogP contribution is 2.30. The van der Waals surface area contributed by atoms with Gasteiger partial charge in [-0.25, -0.2) is 19.2 Å². The van der Waals surface area contributed by atoms with Crippen molar-refractivity contribution in [2.45, 2.75) is 33.2 Å². The molecule has 0 unspecified atom stereocenters. The van der Waals surface area contributed by atoms with E-state index in [1.54, 1.807) is 12.1 Å². The molecule has 3 heterocycles. The second-order valence-corrected chi connectivity index (χ2v) is 8.10. The third kappa shape index (κ3) is 4.27. The molecule has 0 saturated carbocycles. The van der Waals surface area contributed by atoms with Gasteiger partial charge in [0, 0.05) is 50.3 Å². The van der Waals surface area contributed by atoms with E-state index >= 15 is 4.39 Å². The summed E-state index contributed by atoms with van der Waals surface area (Å²) in [6.07, 6.45) is 0.648. The van der Waals surface area contributed by atoms with Crippen molar-refractivity contribution in [3.63, 3.8) is 0 Å². The van der Waals surface area contributed by atoms with E-state index in [0.717, 1.165) is 37.6 Å². The van der Waals surface area contributed by atoms with E-state index in [2.05, 4.69) is 19.8 Å². The number of hydrogen-bond acceptors (Lipinski definition) is 7. The number of aryl methyl sites for hydroxylation is 1. The lowest BCUT2D eigenvalue weighted by molar-refractivity contribution is -0.112. The topological polar surface area (TPSA) is 75.1 Å². The fourth-order valence-electron chi connectivity index (χ4n) is 4.30. The molecule has 0 N–H and O–H groups in total. The van der Waals surface area contributed by atoms with Crippen LogP contribution in [-0.2, 0) is 22.5 Å². The molecule has 7 nitrogen and oxygen atoms in total. The SMILES string of the molecule is CCC1=Nc2ccc(CN3CCN(c4ccc(C(=O)OC)nc4C)CC3)c(F)c2CC1=O. The zero-order valence-corrected chi connectivity index (χ0v) is 18.7. The number of Topliss-reactive ketones (excluding diaryl/α,β-unsaturated/α-hetero) is 1. The van der Waals surface area contributed by atoms with Crippen molar-refractivity contribution in [1.29, 1.82) is 0 Å². The van der Waals surface area contributed by atoms with E-state index in [4.69, 9.17) is 4.74 Å². The number of benzene rings is 1. The van der Waals surface area contributed by atoms with E-state index in [1.807, 2.05) is 26.0 Å². The minimum atomic E-state index is -0.449. The molecule has 1 fully saturated rings. The summed E-state index contributed by atoms with van der Waals surface area (Å²) in [5, 5.41) is 0. The predicted molar refractivity (Wildman–Crippen MR) is 120 cm³/mol. The number of methoxy groups -OCH3 is 1. The minimum absolute atomic E-state index is 0.0866. The number of ether oxygens (including phenoxy) is 1. The molecule has 0 radical (unpaired) electrons. The van der Waals surface area contributed by atoms with Crippen molar-refractivity contribution in [2.75, 3.05) is 38.2 Å². The number of carbonyl (C=O) groups is 2. The Hall–Kier alpha value is -3.13. The number of aromatic nitrogens is 1. The summed E-state index contributed by atoms with van der Waals surface area (Å²) in [4.78, 5) is 37.0. The predicted octanol–water partition coefficient (Wildman–Crippen LogP) is 3.25. The van der Waals surface area contributed by atoms with Gasteiger partial charge in [-0.1, -0.05) is 13.0 Å². The molecule has 2 aromatic rings. The number of aliphatic imine (C=N–C) groups is 1. The van der Waals surface area contributed by atoms with Gasteiger partial charge in [-0.2, -0.15) is 0 Å². The van der Waals surface area contributed by atoms with Crippen LogP contribution in [0, 0.1) is 12.7 Å². The Bertz CT molecular complexity index is 1090. The number of carbonyl (C=O) groups excluding carboxylic acids is 2. The Balaban J connectivity index is 1.42. The van der Waals surface area contributed by atoms with Crippen LogP contribution in [0.25, 0.3) is 0 Å². The largest absolute Gasteiger partial charge is 0.464 e. The van der Waals surface area contributed by atoms with Crippen LogP contribution in [-0.4, -0.2) is 60.6 Å². The van der Waals surface area contributed by atoms with Crippen molar-refractivity contribution in [2.24, 2.45) is 4.99 Å². The first-order valence-corrected chi connectivity index (χ1v) is 10.9. The van der Waals surface area contributed by atoms with E-state index in [-0.39, 0.29) is 18.0 Å². The highest BCUT2D eigenvalue weighted by atomic mass is 19.1. The van der Waals surface area contributed by atoms with Gasteiger partial charge in [0.15, 0.2) is 5.78 Å². The Kier molecular flexibility index (Phi) is 6.32. The quantitative estimate of drug-likeness (QED) is 0.667. The molecule has 2 aliphatic heterocycles. The number of anilines is 1. The standard InChI is InChI=1S/C24H27FN4O3/c1-4-18-22(30)13-17-19(27-18)6-5-16(23(17)25)14-28-9-11-29(12-10-28)21-8-7-20(24(31)32-3)26-15(21)2/h5-8H,4,9-14H2,1-3H3. The van der Waals surface area contributed by atoms with Gasteiger partial charge in [0.2, 0.25) is 0 Å². The molecule has 0 aliphatic carbocycles. The van der Waals surface area contributed by atoms with Gasteiger partial charge in [0.1, 0.15) is 11.5 Å². The van der Waals surface area contributed by atoms with Gasteiger partial charge in [-0.3, -0.25) is 9.69 Å². The third-order valence-electron chi connectivity index (χ3n) is 6.11. The van der Waals surface area contributed by atoms with Crippen LogP contribution < -0.4 is 4.90 Å². The second-order valence-electron chi connectivity index (χ2n) is 8.10. The first-order valence-electron chi connectivity index (χ1n) is 10.9. The van der Waals surface area contributed by atoms with Crippen molar-refractivity contribution in [3.8, 4) is 0 Å². The fourth-order valence-corrected chi connectivity index (χ4v) is 4.30. The first-order chi connectivity index (χ1) is 15.4. The summed E-state index contributed by atoms with van der Waals surface area (Å²) in [6.45, 7) is 7.34. The highest BCUT2D eigenvalue weighted by Gasteiger charge is 2.25. The number of hydrogen-bond donors (Lipinski definition) is 0. The van der Waals surface area contributed by atoms with Crippen molar-refractivity contribution < 1.29 is 18.7 Å². The lowest BCUT2D eigenvalue weighted by Crippen LogP contribution is -2.46. The van der Waals surface area contributed by atoms with Gasteiger partial charge in [-0.15, -0.1) is 0 Å². The van der Waals surface area contributed by atoms with Gasteiger partial charge in [0.25, 0.3) is 0 Å². The molecule has 8 heteroatoms. The maximum atomic E-state index is 15.1. The van der Waals surface area contributed by atoms with Gasteiger partial charge < -0.3 is 9.64 Å². The van der Waals surface area contributed by atoms with Crippen LogP contribution in [0.15, 0.2) is 29.3 Å². The van der Waals surface area contributed by atoms with Gasteiger partial charge in [0.05, 0.1) is 29.9 Å². The van der Waals surface area contributed by atoms with Crippen LogP contribution in [0.1, 0.15) is 40.7 Å². The van der Waals surface area contributed by atoms with Gasteiger partial charge >= 0.3 is 5.97 Å². The molecule has 4 rings (SSSR count). The van der Waals surface area contributed by atoms with Crippen LogP contribution in [0.5, 0.6) is 0 Å². The van der Waals surface area contributed by atoms with Crippen LogP contribution in [0.2, 0.25) is 0 Å². The molecule has 1 aromatic carbocycles. The summed E-state index contributed by atoms with van der Waals surface area (Å²) < 4.78 is 19.9. The summed E-state index contributed by atoms with van der Waals surface area (Å²) >= 11 is 0. The number of nitrogens with zero attached hydrogens (tertiary/aromatic N) is 4. The summed E-state index contributed by atoms with van der Waals surface area (Å²) in [6, 6.07) is 7.18. The maximum absolute atomic E-state index is 15.1. The lowest BCUT2D eigenvalue weighted by atomic mass is 9.96. The van der Waals surface area contributed by atoms with Crippen LogP contribution in [0.4, 0.5) is 15.8 Å². The summed E-state index contributed by atoms with van der Waals surface area (Å²) in [7, 11) is 1.34. The number of rotatable bonds is 5. The zero-order chi connectivity index (χ0) is 22.8. The average molecular weight is 439 g/mol. The highest BCUT2D eigenvalue weighted by molar-refractivity contribution is 6.41. The Morgan fingerprint density at radius 1 is 1.16 bits per heavy atom.